The second kappa shape index (κ2) is 5.37. The highest BCUT2D eigenvalue weighted by Gasteiger charge is 1.94. The molecule has 14 heavy (non-hydrogen) atoms. The van der Waals surface area contributed by atoms with Crippen molar-refractivity contribution < 1.29 is 0 Å². The molecule has 2 rings (SSSR count). The van der Waals surface area contributed by atoms with Crippen molar-refractivity contribution in [3.63, 3.8) is 0 Å². The minimum atomic E-state index is 0.905. The molecule has 0 unspecified atom stereocenters. The van der Waals surface area contributed by atoms with Gasteiger partial charge >= 0.3 is 0 Å². The van der Waals surface area contributed by atoms with Gasteiger partial charge in [-0.15, -0.1) is 0 Å². The topological polar surface area (TPSA) is 30.2 Å². The van der Waals surface area contributed by atoms with Gasteiger partial charge in [0.2, 0.25) is 0 Å². The molecule has 0 N–H and O–H groups in total. The first kappa shape index (κ1) is 10.7. The molecule has 0 saturated carbocycles. The van der Waals surface area contributed by atoms with Crippen molar-refractivity contribution in [2.24, 2.45) is 0 Å². The Morgan fingerprint density at radius 1 is 1.21 bits per heavy atom. The third-order valence-corrected chi connectivity index (χ3v) is 1.67. The number of nitrogens with zero attached hydrogens (tertiary/aromatic N) is 3. The van der Waals surface area contributed by atoms with Gasteiger partial charge in [0.25, 0.3) is 0 Å². The van der Waals surface area contributed by atoms with E-state index in [1.54, 1.807) is 10.7 Å². The molecule has 0 bridgehead atoms. The van der Waals surface area contributed by atoms with Gasteiger partial charge in [-0.3, -0.25) is 0 Å². The molecule has 0 fully saturated rings. The monoisotopic (exact) mass is 191 g/mol. The zero-order valence-corrected chi connectivity index (χ0v) is 9.07. The highest BCUT2D eigenvalue weighted by molar-refractivity contribution is 5.36. The minimum absolute atomic E-state index is 0.905. The van der Waals surface area contributed by atoms with Crippen LogP contribution >= 0.6 is 0 Å². The van der Waals surface area contributed by atoms with E-state index in [9.17, 15) is 0 Å². The molecular formula is C11H17N3. The summed E-state index contributed by atoms with van der Waals surface area (Å²) in [4.78, 5) is 4.09. The molecule has 0 aromatic carbocycles. The lowest BCUT2D eigenvalue weighted by Gasteiger charge is -1.95. The molecule has 2 aromatic heterocycles. The lowest BCUT2D eigenvalue weighted by molar-refractivity contribution is 0.862. The Balaban J connectivity index is 0.000000293. The Labute approximate surface area is 84.8 Å². The average Bonchev–Trinajstić information content (AvgIpc) is 2.65. The Kier molecular flexibility index (Phi) is 4.11. The third-order valence-electron chi connectivity index (χ3n) is 1.67. The number of rotatable bonds is 1. The van der Waals surface area contributed by atoms with Crippen LogP contribution in [0.5, 0.6) is 0 Å². The molecule has 2 heterocycles. The minimum Gasteiger partial charge on any atom is -0.236 e. The summed E-state index contributed by atoms with van der Waals surface area (Å²) in [6.07, 6.45) is 5.82. The van der Waals surface area contributed by atoms with Gasteiger partial charge in [0, 0.05) is 12.4 Å². The van der Waals surface area contributed by atoms with Gasteiger partial charge in [-0.2, -0.15) is 5.10 Å². The Morgan fingerprint density at radius 2 is 1.93 bits per heavy atom. The van der Waals surface area contributed by atoms with Crippen LogP contribution in [0.1, 0.15) is 32.9 Å². The van der Waals surface area contributed by atoms with Crippen LogP contribution < -0.4 is 0 Å². The summed E-state index contributed by atoms with van der Waals surface area (Å²) in [5.41, 5.74) is 2.00. The molecule has 0 atom stereocenters. The Bertz CT molecular complexity index is 379. The van der Waals surface area contributed by atoms with E-state index in [-0.39, 0.29) is 0 Å². The summed E-state index contributed by atoms with van der Waals surface area (Å²) in [6.45, 7) is 6.34. The maximum Gasteiger partial charge on any atom is 0.153 e. The molecule has 0 aliphatic heterocycles. The lowest BCUT2D eigenvalue weighted by atomic mass is 10.3. The molecule has 3 heteroatoms. The predicted molar refractivity (Wildman–Crippen MR) is 58.3 cm³/mol. The van der Waals surface area contributed by atoms with Crippen molar-refractivity contribution in [2.45, 2.75) is 33.6 Å². The predicted octanol–water partition coefficient (Wildman–Crippen LogP) is 2.71. The second-order valence-corrected chi connectivity index (χ2v) is 3.12. The molecule has 3 nitrogen and oxygen atoms in total. The van der Waals surface area contributed by atoms with E-state index in [1.807, 2.05) is 18.3 Å². The van der Waals surface area contributed by atoms with Gasteiger partial charge in [0.1, 0.15) is 0 Å². The fraction of sp³-hybridized carbons (Fsp3) is 0.455. The van der Waals surface area contributed by atoms with Crippen LogP contribution in [-0.4, -0.2) is 14.6 Å². The van der Waals surface area contributed by atoms with Crippen LogP contribution in [0.25, 0.3) is 5.65 Å². The summed E-state index contributed by atoms with van der Waals surface area (Å²) in [6, 6.07) is 3.98. The molecule has 0 aliphatic rings. The van der Waals surface area contributed by atoms with Crippen molar-refractivity contribution in [1.29, 1.82) is 0 Å². The zero-order valence-electron chi connectivity index (χ0n) is 9.07. The third kappa shape index (κ3) is 2.55. The van der Waals surface area contributed by atoms with E-state index in [2.05, 4.69) is 30.9 Å². The first-order valence-corrected chi connectivity index (χ1v) is 5.11. The SMILES string of the molecule is CCC.CCc1ccc2nccn2n1. The maximum absolute atomic E-state index is 4.31. The second-order valence-electron chi connectivity index (χ2n) is 3.12. The highest BCUT2D eigenvalue weighted by atomic mass is 15.2. The number of hydrogen-bond donors (Lipinski definition) is 0. The van der Waals surface area contributed by atoms with Gasteiger partial charge in [-0.25, -0.2) is 9.50 Å². The Morgan fingerprint density at radius 3 is 2.57 bits per heavy atom. The number of aryl methyl sites for hydroxylation is 1. The molecule has 2 aromatic rings. The number of imidazole rings is 1. The Hall–Kier alpha value is -1.38. The van der Waals surface area contributed by atoms with Crippen molar-refractivity contribution in [3.05, 3.63) is 30.2 Å². The van der Waals surface area contributed by atoms with Gasteiger partial charge in [-0.1, -0.05) is 27.2 Å². The number of fused-ring (bicyclic) bond motifs is 1. The summed E-state index contributed by atoms with van der Waals surface area (Å²) in [5.74, 6) is 0. The number of hydrogen-bond acceptors (Lipinski definition) is 2. The zero-order chi connectivity index (χ0) is 10.4. The summed E-state index contributed by atoms with van der Waals surface area (Å²) in [5, 5.41) is 4.31. The van der Waals surface area contributed by atoms with Gasteiger partial charge < -0.3 is 0 Å². The first-order chi connectivity index (χ1) is 6.81. The van der Waals surface area contributed by atoms with E-state index in [1.165, 1.54) is 6.42 Å². The van der Waals surface area contributed by atoms with Crippen molar-refractivity contribution in [2.75, 3.05) is 0 Å². The molecule has 0 spiro atoms. The van der Waals surface area contributed by atoms with Crippen molar-refractivity contribution in [3.8, 4) is 0 Å². The van der Waals surface area contributed by atoms with E-state index in [0.29, 0.717) is 0 Å². The molecular weight excluding hydrogens is 174 g/mol. The van der Waals surface area contributed by atoms with Crippen LogP contribution in [0.4, 0.5) is 0 Å². The largest absolute Gasteiger partial charge is 0.236 e. The maximum atomic E-state index is 4.31. The molecule has 0 amide bonds. The van der Waals surface area contributed by atoms with Crippen LogP contribution in [0.3, 0.4) is 0 Å². The lowest BCUT2D eigenvalue weighted by Crippen LogP contribution is -1.94. The fourth-order valence-corrected chi connectivity index (χ4v) is 1.04. The molecule has 0 radical (unpaired) electrons. The smallest absolute Gasteiger partial charge is 0.153 e. The molecule has 0 aliphatic carbocycles. The van der Waals surface area contributed by atoms with Crippen molar-refractivity contribution in [1.82, 2.24) is 14.6 Å². The quantitative estimate of drug-likeness (QED) is 0.693. The van der Waals surface area contributed by atoms with Crippen LogP contribution in [0, 0.1) is 0 Å². The summed E-state index contributed by atoms with van der Waals surface area (Å²) < 4.78 is 1.79. The van der Waals surface area contributed by atoms with E-state index >= 15 is 0 Å². The highest BCUT2D eigenvalue weighted by Crippen LogP contribution is 2.00. The standard InChI is InChI=1S/C8H9N3.C3H8/c1-2-7-3-4-8-9-5-6-11(8)10-7;1-3-2/h3-6H,2H2,1H3;3H2,1-2H3. The van der Waals surface area contributed by atoms with Crippen molar-refractivity contribution >= 4 is 5.65 Å². The van der Waals surface area contributed by atoms with E-state index < -0.39 is 0 Å². The first-order valence-electron chi connectivity index (χ1n) is 5.11. The van der Waals surface area contributed by atoms with Crippen LogP contribution in [0.2, 0.25) is 0 Å². The van der Waals surface area contributed by atoms with Crippen LogP contribution in [0.15, 0.2) is 24.5 Å². The summed E-state index contributed by atoms with van der Waals surface area (Å²) >= 11 is 0. The summed E-state index contributed by atoms with van der Waals surface area (Å²) in [7, 11) is 0. The van der Waals surface area contributed by atoms with Gasteiger partial charge in [0.15, 0.2) is 5.65 Å². The molecule has 76 valence electrons. The van der Waals surface area contributed by atoms with Gasteiger partial charge in [0.05, 0.1) is 5.69 Å². The molecule has 0 saturated heterocycles. The van der Waals surface area contributed by atoms with Gasteiger partial charge in [-0.05, 0) is 18.6 Å². The van der Waals surface area contributed by atoms with Crippen LogP contribution in [-0.2, 0) is 6.42 Å². The van der Waals surface area contributed by atoms with E-state index in [0.717, 1.165) is 17.8 Å². The number of aromatic nitrogens is 3. The normalized spacial score (nSPS) is 9.64. The fourth-order valence-electron chi connectivity index (χ4n) is 1.04. The van der Waals surface area contributed by atoms with E-state index in [4.69, 9.17) is 0 Å². The average molecular weight is 191 g/mol.